The van der Waals surface area contributed by atoms with Crippen molar-refractivity contribution < 1.29 is 8.42 Å². The lowest BCUT2D eigenvalue weighted by atomic mass is 10.0. The van der Waals surface area contributed by atoms with Gasteiger partial charge in [-0.2, -0.15) is 0 Å². The minimum Gasteiger partial charge on any atom is -0.207 e. The van der Waals surface area contributed by atoms with E-state index in [1.807, 2.05) is 20.8 Å². The zero-order valence-corrected chi connectivity index (χ0v) is 13.2. The first-order valence-corrected chi connectivity index (χ1v) is 7.83. The largest absolute Gasteiger partial charge is 0.242 e. The fraction of sp³-hybridized carbons (Fsp3) is 0.500. The van der Waals surface area contributed by atoms with Crippen molar-refractivity contribution in [3.05, 3.63) is 27.7 Å². The molecule has 3 nitrogen and oxygen atoms in total. The van der Waals surface area contributed by atoms with Crippen LogP contribution in [0.25, 0.3) is 0 Å². The molecular weight excluding hydrogens is 293 g/mol. The van der Waals surface area contributed by atoms with Crippen LogP contribution < -0.4 is 4.72 Å². The van der Waals surface area contributed by atoms with Gasteiger partial charge in [0.25, 0.3) is 0 Å². The summed E-state index contributed by atoms with van der Waals surface area (Å²) in [5.74, 6) is 0. The molecule has 0 atom stereocenters. The van der Waals surface area contributed by atoms with Crippen LogP contribution in [-0.2, 0) is 10.0 Å². The number of benzene rings is 1. The molecule has 102 valence electrons. The summed E-state index contributed by atoms with van der Waals surface area (Å²) in [5, 5.41) is 0.338. The molecule has 0 radical (unpaired) electrons. The third-order valence-electron chi connectivity index (χ3n) is 2.82. The second-order valence-electron chi connectivity index (χ2n) is 4.85. The van der Waals surface area contributed by atoms with E-state index in [2.05, 4.69) is 4.72 Å². The van der Waals surface area contributed by atoms with Crippen molar-refractivity contribution in [2.45, 2.75) is 44.6 Å². The second kappa shape index (κ2) is 5.37. The molecule has 0 aliphatic carbocycles. The molecule has 0 aliphatic rings. The number of rotatable bonds is 4. The Labute approximate surface area is 119 Å². The summed E-state index contributed by atoms with van der Waals surface area (Å²) < 4.78 is 27.1. The van der Waals surface area contributed by atoms with Crippen molar-refractivity contribution >= 4 is 33.2 Å². The SMILES string of the molecule is CCC(C)(C)NS(=O)(=O)c1ccc(C)c(Cl)c1Cl. The lowest BCUT2D eigenvalue weighted by molar-refractivity contribution is 0.439. The van der Waals surface area contributed by atoms with Crippen molar-refractivity contribution in [1.29, 1.82) is 0 Å². The summed E-state index contributed by atoms with van der Waals surface area (Å²) in [5.41, 5.74) is 0.217. The molecule has 1 N–H and O–H groups in total. The summed E-state index contributed by atoms with van der Waals surface area (Å²) in [6.45, 7) is 7.31. The van der Waals surface area contributed by atoms with E-state index in [9.17, 15) is 8.42 Å². The molecule has 1 rings (SSSR count). The summed E-state index contributed by atoms with van der Waals surface area (Å²) in [7, 11) is -3.67. The number of hydrogen-bond acceptors (Lipinski definition) is 2. The summed E-state index contributed by atoms with van der Waals surface area (Å²) in [6, 6.07) is 3.11. The molecule has 0 aliphatic heterocycles. The Morgan fingerprint density at radius 1 is 1.22 bits per heavy atom. The Bertz CT molecular complexity index is 553. The molecule has 0 fully saturated rings. The maximum absolute atomic E-state index is 12.2. The average molecular weight is 310 g/mol. The minimum atomic E-state index is -3.67. The molecule has 6 heteroatoms. The third kappa shape index (κ3) is 3.38. The standard InChI is InChI=1S/C12H17Cl2NO2S/c1-5-12(3,4)15-18(16,17)9-7-6-8(2)10(13)11(9)14/h6-7,15H,5H2,1-4H3. The lowest BCUT2D eigenvalue weighted by Crippen LogP contribution is -2.42. The van der Waals surface area contributed by atoms with E-state index in [4.69, 9.17) is 23.2 Å². The molecule has 0 heterocycles. The molecule has 1 aromatic carbocycles. The molecule has 0 bridgehead atoms. The Kier molecular flexibility index (Phi) is 4.70. The number of hydrogen-bond donors (Lipinski definition) is 1. The number of aryl methyl sites for hydroxylation is 1. The first-order chi connectivity index (χ1) is 8.10. The zero-order chi connectivity index (χ0) is 14.1. The topological polar surface area (TPSA) is 46.2 Å². The molecule has 0 amide bonds. The fourth-order valence-electron chi connectivity index (χ4n) is 1.33. The van der Waals surface area contributed by atoms with Gasteiger partial charge in [-0.15, -0.1) is 0 Å². The Balaban J connectivity index is 3.27. The highest BCUT2D eigenvalue weighted by atomic mass is 35.5. The maximum atomic E-state index is 12.2. The minimum absolute atomic E-state index is 0.0151. The van der Waals surface area contributed by atoms with Gasteiger partial charge in [0.15, 0.2) is 0 Å². The van der Waals surface area contributed by atoms with E-state index >= 15 is 0 Å². The summed E-state index contributed by atoms with van der Waals surface area (Å²) in [4.78, 5) is 0.0151. The normalized spacial score (nSPS) is 12.8. The maximum Gasteiger partial charge on any atom is 0.242 e. The fourth-order valence-corrected chi connectivity index (χ4v) is 3.63. The van der Waals surface area contributed by atoms with Crippen LogP contribution in [0.5, 0.6) is 0 Å². The first-order valence-electron chi connectivity index (χ1n) is 5.59. The first kappa shape index (κ1) is 15.8. The van der Waals surface area contributed by atoms with E-state index in [-0.39, 0.29) is 14.9 Å². The highest BCUT2D eigenvalue weighted by molar-refractivity contribution is 7.89. The number of sulfonamides is 1. The van der Waals surface area contributed by atoms with E-state index in [1.165, 1.54) is 6.07 Å². The van der Waals surface area contributed by atoms with Crippen LogP contribution in [0.2, 0.25) is 10.0 Å². The van der Waals surface area contributed by atoms with Gasteiger partial charge in [0, 0.05) is 5.54 Å². The third-order valence-corrected chi connectivity index (χ3v) is 5.65. The number of halogens is 2. The van der Waals surface area contributed by atoms with Crippen LogP contribution in [0.3, 0.4) is 0 Å². The van der Waals surface area contributed by atoms with E-state index in [0.29, 0.717) is 6.42 Å². The monoisotopic (exact) mass is 309 g/mol. The van der Waals surface area contributed by atoms with Crippen LogP contribution in [0.15, 0.2) is 17.0 Å². The average Bonchev–Trinajstić information content (AvgIpc) is 2.24. The highest BCUT2D eigenvalue weighted by Crippen LogP contribution is 2.32. The highest BCUT2D eigenvalue weighted by Gasteiger charge is 2.27. The van der Waals surface area contributed by atoms with Crippen LogP contribution in [0, 0.1) is 6.92 Å². The second-order valence-corrected chi connectivity index (χ2v) is 7.26. The van der Waals surface area contributed by atoms with E-state index in [0.717, 1.165) is 5.56 Å². The van der Waals surface area contributed by atoms with Gasteiger partial charge in [-0.25, -0.2) is 13.1 Å². The van der Waals surface area contributed by atoms with Gasteiger partial charge >= 0.3 is 0 Å². The zero-order valence-electron chi connectivity index (χ0n) is 10.8. The molecule has 18 heavy (non-hydrogen) atoms. The molecule has 0 aromatic heterocycles. The molecular formula is C12H17Cl2NO2S. The summed E-state index contributed by atoms with van der Waals surface area (Å²) in [6.07, 6.45) is 0.670. The van der Waals surface area contributed by atoms with Crippen molar-refractivity contribution in [3.63, 3.8) is 0 Å². The molecule has 0 saturated heterocycles. The molecule has 0 spiro atoms. The van der Waals surface area contributed by atoms with Gasteiger partial charge in [-0.3, -0.25) is 0 Å². The van der Waals surface area contributed by atoms with Crippen molar-refractivity contribution in [2.75, 3.05) is 0 Å². The van der Waals surface area contributed by atoms with Gasteiger partial charge in [0.05, 0.1) is 10.0 Å². The van der Waals surface area contributed by atoms with Crippen molar-refractivity contribution in [1.82, 2.24) is 4.72 Å². The van der Waals surface area contributed by atoms with Gasteiger partial charge in [-0.1, -0.05) is 36.2 Å². The summed E-state index contributed by atoms with van der Waals surface area (Å²) >= 11 is 12.0. The molecule has 0 saturated carbocycles. The quantitative estimate of drug-likeness (QED) is 0.920. The smallest absolute Gasteiger partial charge is 0.207 e. The molecule has 1 aromatic rings. The van der Waals surface area contributed by atoms with Gasteiger partial charge in [0.2, 0.25) is 10.0 Å². The van der Waals surface area contributed by atoms with Gasteiger partial charge in [0.1, 0.15) is 4.90 Å². The van der Waals surface area contributed by atoms with Crippen LogP contribution >= 0.6 is 23.2 Å². The van der Waals surface area contributed by atoms with Gasteiger partial charge < -0.3 is 0 Å². The predicted octanol–water partition coefficient (Wildman–Crippen LogP) is 3.77. The van der Waals surface area contributed by atoms with Crippen LogP contribution in [-0.4, -0.2) is 14.0 Å². The molecule has 0 unspecified atom stereocenters. The number of nitrogens with one attached hydrogen (secondary N) is 1. The van der Waals surface area contributed by atoms with Crippen LogP contribution in [0.1, 0.15) is 32.8 Å². The van der Waals surface area contributed by atoms with Crippen molar-refractivity contribution in [2.24, 2.45) is 0 Å². The van der Waals surface area contributed by atoms with E-state index in [1.54, 1.807) is 13.0 Å². The Hall–Kier alpha value is -0.290. The van der Waals surface area contributed by atoms with Crippen molar-refractivity contribution in [3.8, 4) is 0 Å². The van der Waals surface area contributed by atoms with Gasteiger partial charge in [-0.05, 0) is 38.8 Å². The van der Waals surface area contributed by atoms with E-state index < -0.39 is 15.6 Å². The lowest BCUT2D eigenvalue weighted by Gasteiger charge is -2.24. The van der Waals surface area contributed by atoms with Crippen LogP contribution in [0.4, 0.5) is 0 Å². The Morgan fingerprint density at radius 2 is 1.78 bits per heavy atom. The Morgan fingerprint density at radius 3 is 2.28 bits per heavy atom. The predicted molar refractivity (Wildman–Crippen MR) is 75.9 cm³/mol.